The Morgan fingerprint density at radius 1 is 0.805 bits per heavy atom. The van der Waals surface area contributed by atoms with Gasteiger partial charge in [0.05, 0.1) is 11.3 Å². The first kappa shape index (κ1) is 27.8. The van der Waals surface area contributed by atoms with Crippen molar-refractivity contribution >= 4 is 51.5 Å². The minimum absolute atomic E-state index is 0.147. The van der Waals surface area contributed by atoms with Gasteiger partial charge < -0.3 is 19.6 Å². The Bertz CT molecular complexity index is 1330. The van der Waals surface area contributed by atoms with E-state index in [1.54, 1.807) is 16.3 Å². The summed E-state index contributed by atoms with van der Waals surface area (Å²) in [6.07, 6.45) is 0.135. The summed E-state index contributed by atoms with van der Waals surface area (Å²) in [5.41, 5.74) is 0.0674. The number of amides is 1. The molecule has 10 nitrogen and oxygen atoms in total. The van der Waals surface area contributed by atoms with Gasteiger partial charge in [0.2, 0.25) is 17.8 Å². The molecule has 0 saturated carbocycles. The second-order valence-corrected chi connectivity index (χ2v) is 11.8. The molecule has 1 amide bonds. The maximum atomic E-state index is 13.1. The maximum Gasteiger partial charge on any atom is 0.416 e. The van der Waals surface area contributed by atoms with Crippen LogP contribution in [0.1, 0.15) is 31.2 Å². The number of anilines is 4. The van der Waals surface area contributed by atoms with Crippen molar-refractivity contribution in [2.75, 3.05) is 71.8 Å². The maximum absolute atomic E-state index is 13.1. The van der Waals surface area contributed by atoms with Crippen molar-refractivity contribution < 1.29 is 18.0 Å². The quantitative estimate of drug-likeness (QED) is 0.377. The third kappa shape index (κ3) is 6.45. The van der Waals surface area contributed by atoms with E-state index in [1.165, 1.54) is 17.4 Å². The summed E-state index contributed by atoms with van der Waals surface area (Å²) >= 11 is 2.15. The van der Waals surface area contributed by atoms with E-state index in [0.29, 0.717) is 48.5 Å². The van der Waals surface area contributed by atoms with Crippen molar-refractivity contribution in [1.82, 2.24) is 24.8 Å². The van der Waals surface area contributed by atoms with Crippen molar-refractivity contribution in [1.29, 1.82) is 0 Å². The highest BCUT2D eigenvalue weighted by atomic mass is 32.2. The minimum atomic E-state index is -4.42. The third-order valence-electron chi connectivity index (χ3n) is 7.41. The molecule has 1 aromatic carbocycles. The van der Waals surface area contributed by atoms with Crippen molar-refractivity contribution in [3.8, 4) is 11.3 Å². The molecule has 2 aromatic heterocycles. The van der Waals surface area contributed by atoms with E-state index in [-0.39, 0.29) is 5.24 Å². The molecule has 3 aliphatic heterocycles. The normalized spacial score (nSPS) is 17.9. The number of hydrogen-bond donors (Lipinski definition) is 1. The molecule has 41 heavy (non-hydrogen) atoms. The first-order valence-electron chi connectivity index (χ1n) is 13.7. The number of piperazine rings is 1. The number of alkyl halides is 3. The monoisotopic (exact) mass is 605 g/mol. The molecular formula is C26H30F3N9OS2. The lowest BCUT2D eigenvalue weighted by Gasteiger charge is -2.35. The highest BCUT2D eigenvalue weighted by Crippen LogP contribution is 2.33. The Morgan fingerprint density at radius 2 is 1.37 bits per heavy atom. The Labute approximate surface area is 244 Å². The molecule has 3 fully saturated rings. The van der Waals surface area contributed by atoms with E-state index in [1.807, 2.05) is 0 Å². The van der Waals surface area contributed by atoms with Crippen LogP contribution in [0.2, 0.25) is 0 Å². The average molecular weight is 606 g/mol. The highest BCUT2D eigenvalue weighted by molar-refractivity contribution is 8.14. The summed E-state index contributed by atoms with van der Waals surface area (Å²) in [4.78, 5) is 40.0. The molecule has 1 N–H and O–H groups in total. The lowest BCUT2D eigenvalue weighted by Crippen LogP contribution is -2.48. The molecule has 0 radical (unpaired) electrons. The first-order chi connectivity index (χ1) is 19.8. The smallest absolute Gasteiger partial charge is 0.341 e. The molecule has 6 rings (SSSR count). The Balaban J connectivity index is 1.05. The number of nitrogens with one attached hydrogen (secondary N) is 1. The van der Waals surface area contributed by atoms with Crippen molar-refractivity contribution in [2.24, 2.45) is 0 Å². The van der Waals surface area contributed by atoms with E-state index in [0.717, 1.165) is 87.8 Å². The van der Waals surface area contributed by atoms with Gasteiger partial charge in [-0.2, -0.15) is 28.1 Å². The van der Waals surface area contributed by atoms with E-state index in [4.69, 9.17) is 15.0 Å². The van der Waals surface area contributed by atoms with Crippen LogP contribution >= 0.6 is 23.3 Å². The SMILES string of the molecule is O=C(SNc1nc(-c2cccc(C(F)(F)F)c2)cs1)N1CCN(c2nc(N3CCCC3)nc(N3CCCC3)n2)CC1. The van der Waals surface area contributed by atoms with Gasteiger partial charge in [0, 0.05) is 75.2 Å². The first-order valence-corrected chi connectivity index (χ1v) is 15.4. The zero-order chi connectivity index (χ0) is 28.4. The van der Waals surface area contributed by atoms with Gasteiger partial charge in [0.15, 0.2) is 5.13 Å². The molecule has 5 heterocycles. The zero-order valence-electron chi connectivity index (χ0n) is 22.3. The van der Waals surface area contributed by atoms with E-state index < -0.39 is 11.7 Å². The predicted molar refractivity (Wildman–Crippen MR) is 156 cm³/mol. The van der Waals surface area contributed by atoms with Gasteiger partial charge >= 0.3 is 11.4 Å². The fourth-order valence-electron chi connectivity index (χ4n) is 5.15. The van der Waals surface area contributed by atoms with Crippen LogP contribution in [0, 0.1) is 0 Å². The molecule has 0 spiro atoms. The summed E-state index contributed by atoms with van der Waals surface area (Å²) in [5.74, 6) is 2.13. The van der Waals surface area contributed by atoms with Crippen LogP contribution in [0.3, 0.4) is 0 Å². The summed E-state index contributed by atoms with van der Waals surface area (Å²) in [6, 6.07) is 5.05. The number of rotatable bonds is 6. The van der Waals surface area contributed by atoms with Crippen LogP contribution in [0.15, 0.2) is 29.6 Å². The van der Waals surface area contributed by atoms with Gasteiger partial charge in [-0.05, 0) is 37.8 Å². The largest absolute Gasteiger partial charge is 0.416 e. The molecule has 218 valence electrons. The Hall–Kier alpha value is -3.33. The lowest BCUT2D eigenvalue weighted by atomic mass is 10.1. The average Bonchev–Trinajstić information content (AvgIpc) is 3.79. The summed E-state index contributed by atoms with van der Waals surface area (Å²) in [7, 11) is 0. The predicted octanol–water partition coefficient (Wildman–Crippen LogP) is 5.22. The van der Waals surface area contributed by atoms with Gasteiger partial charge in [-0.3, -0.25) is 9.52 Å². The molecule has 0 bridgehead atoms. The van der Waals surface area contributed by atoms with Gasteiger partial charge in [-0.25, -0.2) is 4.98 Å². The highest BCUT2D eigenvalue weighted by Gasteiger charge is 2.31. The van der Waals surface area contributed by atoms with Gasteiger partial charge in [0.25, 0.3) is 0 Å². The second kappa shape index (κ2) is 11.9. The van der Waals surface area contributed by atoms with E-state index in [2.05, 4.69) is 24.4 Å². The van der Waals surface area contributed by atoms with Gasteiger partial charge in [0.1, 0.15) is 0 Å². The fourth-order valence-corrected chi connectivity index (χ4v) is 6.56. The van der Waals surface area contributed by atoms with Crippen molar-refractivity contribution in [3.63, 3.8) is 0 Å². The Kier molecular flexibility index (Phi) is 8.06. The fraction of sp³-hybridized carbons (Fsp3) is 0.500. The van der Waals surface area contributed by atoms with Crippen molar-refractivity contribution in [3.05, 3.63) is 35.2 Å². The van der Waals surface area contributed by atoms with Gasteiger partial charge in [-0.15, -0.1) is 11.3 Å². The van der Waals surface area contributed by atoms with Crippen LogP contribution in [0.4, 0.5) is 40.9 Å². The summed E-state index contributed by atoms with van der Waals surface area (Å²) < 4.78 is 42.2. The number of benzene rings is 1. The van der Waals surface area contributed by atoms with Crippen LogP contribution in [-0.2, 0) is 6.18 Å². The zero-order valence-corrected chi connectivity index (χ0v) is 23.9. The van der Waals surface area contributed by atoms with Crippen molar-refractivity contribution in [2.45, 2.75) is 31.9 Å². The topological polar surface area (TPSA) is 93.6 Å². The molecule has 0 aliphatic carbocycles. The van der Waals surface area contributed by atoms with Gasteiger partial charge in [-0.1, -0.05) is 12.1 Å². The number of aromatic nitrogens is 4. The number of thiazole rings is 1. The number of carbonyl (C=O) groups excluding carboxylic acids is 1. The van der Waals surface area contributed by atoms with Crippen LogP contribution < -0.4 is 19.4 Å². The van der Waals surface area contributed by atoms with Crippen LogP contribution in [0.5, 0.6) is 0 Å². The standard InChI is InChI=1S/C26H30F3N9OS2/c27-26(28,29)19-7-5-6-18(16-19)20-17-40-24(30-20)34-41-25(39)38-14-12-37(13-15-38)23-32-21(35-8-1-2-9-35)31-22(33-23)36-10-3-4-11-36/h5-7,16-17H,1-4,8-15H2,(H,30,34). The van der Waals surface area contributed by atoms with E-state index >= 15 is 0 Å². The second-order valence-electron chi connectivity index (χ2n) is 10.2. The molecule has 0 unspecified atom stereocenters. The number of halogens is 3. The minimum Gasteiger partial charge on any atom is -0.341 e. The number of hydrogen-bond acceptors (Lipinski definition) is 11. The molecule has 15 heteroatoms. The summed E-state index contributed by atoms with van der Waals surface area (Å²) in [5, 5.41) is 1.97. The van der Waals surface area contributed by atoms with Crippen LogP contribution in [-0.4, -0.2) is 82.4 Å². The Morgan fingerprint density at radius 3 is 1.93 bits per heavy atom. The molecule has 3 saturated heterocycles. The number of nitrogens with zero attached hydrogens (tertiary/aromatic N) is 8. The summed E-state index contributed by atoms with van der Waals surface area (Å²) in [6.45, 7) is 6.06. The number of carbonyl (C=O) groups is 1. The molecule has 3 aromatic rings. The van der Waals surface area contributed by atoms with Crippen LogP contribution in [0.25, 0.3) is 11.3 Å². The molecular weight excluding hydrogens is 575 g/mol. The molecule has 3 aliphatic rings. The lowest BCUT2D eigenvalue weighted by molar-refractivity contribution is -0.137. The molecule has 0 atom stereocenters. The van der Waals surface area contributed by atoms with E-state index in [9.17, 15) is 18.0 Å². The third-order valence-corrected chi connectivity index (χ3v) is 9.03.